The average Bonchev–Trinajstić information content (AvgIpc) is 2.08. The molecule has 0 amide bonds. The second-order valence-corrected chi connectivity index (χ2v) is 2.57. The molecule has 0 bridgehead atoms. The molecule has 68 valence electrons. The van der Waals surface area contributed by atoms with Crippen molar-refractivity contribution in [2.75, 3.05) is 0 Å². The van der Waals surface area contributed by atoms with Crippen molar-refractivity contribution >= 4 is 5.97 Å². The lowest BCUT2D eigenvalue weighted by molar-refractivity contribution is -0.131. The molecule has 0 unspecified atom stereocenters. The summed E-state index contributed by atoms with van der Waals surface area (Å²) < 4.78 is 5.01. The number of hydrogen-bond donors (Lipinski definition) is 1. The van der Waals surface area contributed by atoms with Gasteiger partial charge in [-0.3, -0.25) is 0 Å². The molecule has 0 saturated heterocycles. The summed E-state index contributed by atoms with van der Waals surface area (Å²) in [6.07, 6.45) is 2.09. The van der Waals surface area contributed by atoms with Crippen molar-refractivity contribution in [2.45, 2.75) is 6.92 Å². The summed E-state index contributed by atoms with van der Waals surface area (Å²) in [6, 6.07) is 7.34. The van der Waals surface area contributed by atoms with Crippen molar-refractivity contribution in [1.29, 1.82) is 0 Å². The highest BCUT2D eigenvalue weighted by atomic mass is 16.5. The van der Waals surface area contributed by atoms with E-state index in [9.17, 15) is 4.79 Å². The second-order valence-electron chi connectivity index (χ2n) is 2.57. The summed E-state index contributed by atoms with van der Waals surface area (Å²) in [4.78, 5) is 10.1. The van der Waals surface area contributed by atoms with Crippen LogP contribution in [0.4, 0.5) is 0 Å². The van der Waals surface area contributed by atoms with Crippen LogP contribution in [0.25, 0.3) is 0 Å². The molecule has 0 saturated carbocycles. The van der Waals surface area contributed by atoms with Gasteiger partial charge in [0.25, 0.3) is 0 Å². The number of hydrogen-bond acceptors (Lipinski definition) is 2. The van der Waals surface area contributed by atoms with Crippen molar-refractivity contribution in [3.63, 3.8) is 0 Å². The van der Waals surface area contributed by atoms with Crippen molar-refractivity contribution in [3.8, 4) is 5.75 Å². The van der Waals surface area contributed by atoms with Gasteiger partial charge in [-0.25, -0.2) is 4.79 Å². The SMILES string of the molecule is Cc1ccc(OC=CC(=O)O)cc1. The maximum absolute atomic E-state index is 10.1. The molecular weight excluding hydrogens is 168 g/mol. The Hall–Kier alpha value is -1.77. The van der Waals surface area contributed by atoms with Crippen LogP contribution in [0.1, 0.15) is 5.56 Å². The smallest absolute Gasteiger partial charge is 0.331 e. The molecular formula is C10H10O3. The van der Waals surface area contributed by atoms with Crippen LogP contribution in [0.15, 0.2) is 36.6 Å². The van der Waals surface area contributed by atoms with E-state index in [2.05, 4.69) is 0 Å². The Morgan fingerprint density at radius 3 is 2.54 bits per heavy atom. The van der Waals surface area contributed by atoms with E-state index in [0.717, 1.165) is 17.9 Å². The van der Waals surface area contributed by atoms with Crippen LogP contribution < -0.4 is 4.74 Å². The van der Waals surface area contributed by atoms with Crippen LogP contribution in [0.2, 0.25) is 0 Å². The fraction of sp³-hybridized carbons (Fsp3) is 0.100. The van der Waals surface area contributed by atoms with Gasteiger partial charge >= 0.3 is 5.97 Å². The Labute approximate surface area is 76.3 Å². The third-order valence-corrected chi connectivity index (χ3v) is 1.44. The van der Waals surface area contributed by atoms with Crippen LogP contribution in [0.5, 0.6) is 5.75 Å². The number of aliphatic carboxylic acids is 1. The van der Waals surface area contributed by atoms with Gasteiger partial charge in [-0.05, 0) is 19.1 Å². The maximum Gasteiger partial charge on any atom is 0.331 e. The molecule has 1 rings (SSSR count). The van der Waals surface area contributed by atoms with E-state index in [1.54, 1.807) is 12.1 Å². The van der Waals surface area contributed by atoms with E-state index in [-0.39, 0.29) is 0 Å². The summed E-state index contributed by atoms with van der Waals surface area (Å²) in [7, 11) is 0. The van der Waals surface area contributed by atoms with E-state index in [0.29, 0.717) is 5.75 Å². The number of rotatable bonds is 3. The molecule has 0 spiro atoms. The standard InChI is InChI=1S/C10H10O3/c1-8-2-4-9(5-3-8)13-7-6-10(11)12/h2-7H,1H3,(H,11,12). The first-order valence-electron chi connectivity index (χ1n) is 3.81. The van der Waals surface area contributed by atoms with Crippen molar-refractivity contribution in [3.05, 3.63) is 42.2 Å². The molecule has 1 N–H and O–H groups in total. The Bertz CT molecular complexity index is 311. The third kappa shape index (κ3) is 3.42. The van der Waals surface area contributed by atoms with Crippen LogP contribution in [-0.2, 0) is 4.79 Å². The highest BCUT2D eigenvalue weighted by molar-refractivity contribution is 5.79. The first kappa shape index (κ1) is 9.32. The van der Waals surface area contributed by atoms with E-state index in [1.165, 1.54) is 0 Å². The molecule has 3 nitrogen and oxygen atoms in total. The predicted molar refractivity (Wildman–Crippen MR) is 48.6 cm³/mol. The Balaban J connectivity index is 2.55. The van der Waals surface area contributed by atoms with Crippen LogP contribution in [0, 0.1) is 6.92 Å². The Morgan fingerprint density at radius 2 is 2.00 bits per heavy atom. The summed E-state index contributed by atoms with van der Waals surface area (Å²) in [6.45, 7) is 1.97. The molecule has 0 fully saturated rings. The van der Waals surface area contributed by atoms with Crippen molar-refractivity contribution in [1.82, 2.24) is 0 Å². The Morgan fingerprint density at radius 1 is 1.38 bits per heavy atom. The summed E-state index contributed by atoms with van der Waals surface area (Å²) in [5, 5.41) is 8.27. The molecule has 3 heteroatoms. The van der Waals surface area contributed by atoms with Crippen molar-refractivity contribution in [2.24, 2.45) is 0 Å². The largest absolute Gasteiger partial charge is 0.478 e. The molecule has 0 atom stereocenters. The predicted octanol–water partition coefficient (Wildman–Crippen LogP) is 1.97. The van der Waals surface area contributed by atoms with Crippen LogP contribution >= 0.6 is 0 Å². The molecule has 0 aliphatic heterocycles. The van der Waals surface area contributed by atoms with E-state index in [1.807, 2.05) is 19.1 Å². The van der Waals surface area contributed by atoms with Gasteiger partial charge in [-0.2, -0.15) is 0 Å². The van der Waals surface area contributed by atoms with E-state index >= 15 is 0 Å². The minimum Gasteiger partial charge on any atom is -0.478 e. The topological polar surface area (TPSA) is 46.5 Å². The highest BCUT2D eigenvalue weighted by Gasteiger charge is 1.90. The molecule has 0 radical (unpaired) electrons. The van der Waals surface area contributed by atoms with E-state index in [4.69, 9.17) is 9.84 Å². The minimum absolute atomic E-state index is 0.628. The number of carboxylic acids is 1. The van der Waals surface area contributed by atoms with Gasteiger partial charge in [0.15, 0.2) is 0 Å². The number of benzene rings is 1. The quantitative estimate of drug-likeness (QED) is 0.568. The summed E-state index contributed by atoms with van der Waals surface area (Å²) in [5.41, 5.74) is 1.13. The molecule has 0 aliphatic rings. The highest BCUT2D eigenvalue weighted by Crippen LogP contribution is 2.11. The van der Waals surface area contributed by atoms with E-state index < -0.39 is 5.97 Å². The van der Waals surface area contributed by atoms with Gasteiger partial charge in [0, 0.05) is 0 Å². The summed E-state index contributed by atoms with van der Waals surface area (Å²) in [5.74, 6) is -0.393. The lowest BCUT2D eigenvalue weighted by Gasteiger charge is -1.98. The maximum atomic E-state index is 10.1. The molecule has 13 heavy (non-hydrogen) atoms. The zero-order valence-corrected chi connectivity index (χ0v) is 7.23. The fourth-order valence-electron chi connectivity index (χ4n) is 0.788. The van der Waals surface area contributed by atoms with Gasteiger partial charge < -0.3 is 9.84 Å². The molecule has 1 aromatic carbocycles. The normalized spacial score (nSPS) is 10.2. The first-order chi connectivity index (χ1) is 6.18. The number of ether oxygens (including phenoxy) is 1. The fourth-order valence-corrected chi connectivity index (χ4v) is 0.788. The van der Waals surface area contributed by atoms with Gasteiger partial charge in [-0.1, -0.05) is 17.7 Å². The number of carboxylic acid groups (broad SMARTS) is 1. The number of aryl methyl sites for hydroxylation is 1. The van der Waals surface area contributed by atoms with Crippen LogP contribution in [-0.4, -0.2) is 11.1 Å². The molecule has 0 aliphatic carbocycles. The zero-order chi connectivity index (χ0) is 9.68. The van der Waals surface area contributed by atoms with Crippen LogP contribution in [0.3, 0.4) is 0 Å². The average molecular weight is 178 g/mol. The first-order valence-corrected chi connectivity index (χ1v) is 3.81. The Kier molecular flexibility index (Phi) is 3.09. The third-order valence-electron chi connectivity index (χ3n) is 1.44. The van der Waals surface area contributed by atoms with Gasteiger partial charge in [0.05, 0.1) is 12.3 Å². The second kappa shape index (κ2) is 4.30. The minimum atomic E-state index is -1.02. The monoisotopic (exact) mass is 178 g/mol. The molecule has 0 heterocycles. The zero-order valence-electron chi connectivity index (χ0n) is 7.23. The lowest BCUT2D eigenvalue weighted by Crippen LogP contribution is -1.89. The molecule has 1 aromatic rings. The van der Waals surface area contributed by atoms with Gasteiger partial charge in [0.2, 0.25) is 0 Å². The summed E-state index contributed by atoms with van der Waals surface area (Å²) >= 11 is 0. The number of carbonyl (C=O) groups is 1. The van der Waals surface area contributed by atoms with Gasteiger partial charge in [-0.15, -0.1) is 0 Å². The van der Waals surface area contributed by atoms with Crippen molar-refractivity contribution < 1.29 is 14.6 Å². The van der Waals surface area contributed by atoms with Gasteiger partial charge in [0.1, 0.15) is 5.75 Å². The lowest BCUT2D eigenvalue weighted by atomic mass is 10.2. The molecule has 0 aromatic heterocycles.